The molecule has 0 radical (unpaired) electrons. The zero-order chi connectivity index (χ0) is 15.0. The van der Waals surface area contributed by atoms with Gasteiger partial charge in [-0.05, 0) is 32.1 Å². The Balaban J connectivity index is 2.31. The first-order valence-electron chi connectivity index (χ1n) is 5.89. The topological polar surface area (TPSA) is 94.8 Å². The van der Waals surface area contributed by atoms with E-state index < -0.39 is 24.6 Å². The molecule has 0 unspecified atom stereocenters. The highest BCUT2D eigenvalue weighted by Crippen LogP contribution is 2.07. The number of amides is 2. The summed E-state index contributed by atoms with van der Waals surface area (Å²) in [5.74, 6) is -0.278. The molecule has 0 saturated carbocycles. The van der Waals surface area contributed by atoms with Crippen molar-refractivity contribution in [3.05, 3.63) is 29.7 Å². The lowest BCUT2D eigenvalue weighted by Gasteiger charge is -2.03. The van der Waals surface area contributed by atoms with E-state index in [1.807, 2.05) is 5.32 Å². The fraction of sp³-hybridized carbons (Fsp3) is 0.308. The van der Waals surface area contributed by atoms with Gasteiger partial charge in [0, 0.05) is 6.08 Å². The van der Waals surface area contributed by atoms with Gasteiger partial charge in [0.05, 0.1) is 6.61 Å². The zero-order valence-electron chi connectivity index (χ0n) is 11.2. The average molecular weight is 281 g/mol. The summed E-state index contributed by atoms with van der Waals surface area (Å²) in [6, 6.07) is 3.43. The first-order valence-corrected chi connectivity index (χ1v) is 5.89. The van der Waals surface area contributed by atoms with Gasteiger partial charge in [-0.3, -0.25) is 10.1 Å². The predicted octanol–water partition coefficient (Wildman–Crippen LogP) is 1.42. The molecule has 0 aliphatic rings. The molecule has 0 atom stereocenters. The third-order valence-corrected chi connectivity index (χ3v) is 2.01. The summed E-state index contributed by atoms with van der Waals surface area (Å²) >= 11 is 0. The minimum Gasteiger partial charge on any atom is -0.462 e. The maximum absolute atomic E-state index is 11.3. The lowest BCUT2D eigenvalue weighted by molar-refractivity contribution is -0.143. The third kappa shape index (κ3) is 5.85. The van der Waals surface area contributed by atoms with Gasteiger partial charge < -0.3 is 13.9 Å². The molecule has 1 aromatic heterocycles. The molecule has 0 aromatic carbocycles. The summed E-state index contributed by atoms with van der Waals surface area (Å²) in [5, 5.41) is 1.89. The molecule has 20 heavy (non-hydrogen) atoms. The van der Waals surface area contributed by atoms with Crippen LogP contribution < -0.4 is 5.32 Å². The van der Waals surface area contributed by atoms with E-state index in [-0.39, 0.29) is 6.61 Å². The predicted molar refractivity (Wildman–Crippen MR) is 68.6 cm³/mol. The Morgan fingerprint density at radius 1 is 1.30 bits per heavy atom. The van der Waals surface area contributed by atoms with Gasteiger partial charge in [0.25, 0.3) is 5.91 Å². The summed E-state index contributed by atoms with van der Waals surface area (Å²) in [6.45, 7) is 2.95. The van der Waals surface area contributed by atoms with Crippen LogP contribution in [0.25, 0.3) is 6.08 Å². The van der Waals surface area contributed by atoms with E-state index in [1.54, 1.807) is 26.0 Å². The Bertz CT molecular complexity index is 517. The fourth-order valence-corrected chi connectivity index (χ4v) is 1.20. The molecule has 2 amide bonds. The minimum absolute atomic E-state index is 0.143. The van der Waals surface area contributed by atoms with Crippen LogP contribution in [-0.4, -0.2) is 31.2 Å². The third-order valence-electron chi connectivity index (χ3n) is 2.01. The SMILES string of the molecule is CCOC(=O)NC(=O)COC(=O)C=Cc1ccc(C)o1. The van der Waals surface area contributed by atoms with Crippen LogP contribution in [0.2, 0.25) is 0 Å². The van der Waals surface area contributed by atoms with Crippen molar-refractivity contribution in [2.75, 3.05) is 13.2 Å². The summed E-state index contributed by atoms with van der Waals surface area (Å²) < 4.78 is 14.3. The molecular weight excluding hydrogens is 266 g/mol. The Labute approximate surface area is 115 Å². The van der Waals surface area contributed by atoms with E-state index in [0.717, 1.165) is 6.08 Å². The summed E-state index contributed by atoms with van der Waals surface area (Å²) in [7, 11) is 0. The molecule has 0 aliphatic carbocycles. The Kier molecular flexibility index (Phi) is 6.02. The van der Waals surface area contributed by atoms with Gasteiger partial charge in [-0.1, -0.05) is 0 Å². The van der Waals surface area contributed by atoms with Gasteiger partial charge in [-0.25, -0.2) is 9.59 Å². The number of ether oxygens (including phenoxy) is 2. The molecule has 1 N–H and O–H groups in total. The van der Waals surface area contributed by atoms with Crippen LogP contribution in [0.4, 0.5) is 4.79 Å². The maximum atomic E-state index is 11.3. The normalized spacial score (nSPS) is 10.3. The summed E-state index contributed by atoms with van der Waals surface area (Å²) in [4.78, 5) is 33.4. The lowest BCUT2D eigenvalue weighted by Crippen LogP contribution is -2.34. The van der Waals surface area contributed by atoms with Crippen LogP contribution in [0, 0.1) is 6.92 Å². The van der Waals surface area contributed by atoms with Crippen LogP contribution in [0.5, 0.6) is 0 Å². The van der Waals surface area contributed by atoms with E-state index in [2.05, 4.69) is 9.47 Å². The molecule has 1 heterocycles. The molecule has 0 saturated heterocycles. The van der Waals surface area contributed by atoms with Crippen molar-refractivity contribution in [2.24, 2.45) is 0 Å². The van der Waals surface area contributed by atoms with E-state index in [1.165, 1.54) is 6.08 Å². The van der Waals surface area contributed by atoms with Crippen molar-refractivity contribution in [2.45, 2.75) is 13.8 Å². The van der Waals surface area contributed by atoms with E-state index in [0.29, 0.717) is 11.5 Å². The number of esters is 1. The van der Waals surface area contributed by atoms with Gasteiger partial charge >= 0.3 is 12.1 Å². The number of imide groups is 1. The van der Waals surface area contributed by atoms with Crippen molar-refractivity contribution in [1.29, 1.82) is 0 Å². The minimum atomic E-state index is -0.879. The first-order chi connectivity index (χ1) is 9.51. The van der Waals surface area contributed by atoms with Gasteiger partial charge in [0.1, 0.15) is 11.5 Å². The Morgan fingerprint density at radius 3 is 2.65 bits per heavy atom. The maximum Gasteiger partial charge on any atom is 0.413 e. The van der Waals surface area contributed by atoms with E-state index in [4.69, 9.17) is 4.42 Å². The quantitative estimate of drug-likeness (QED) is 0.647. The second-order valence-electron chi connectivity index (χ2n) is 3.66. The number of carbonyl (C=O) groups is 3. The van der Waals surface area contributed by atoms with E-state index >= 15 is 0 Å². The van der Waals surface area contributed by atoms with Crippen molar-refractivity contribution in [3.63, 3.8) is 0 Å². The number of carbonyl (C=O) groups excluding carboxylic acids is 3. The number of alkyl carbamates (subject to hydrolysis) is 1. The highest BCUT2D eigenvalue weighted by atomic mass is 16.6. The van der Waals surface area contributed by atoms with Crippen molar-refractivity contribution < 1.29 is 28.3 Å². The molecule has 1 aromatic rings. The summed E-state index contributed by atoms with van der Waals surface area (Å²) in [6.07, 6.45) is 1.66. The second kappa shape index (κ2) is 7.78. The second-order valence-corrected chi connectivity index (χ2v) is 3.66. The van der Waals surface area contributed by atoms with Crippen LogP contribution in [-0.2, 0) is 19.1 Å². The van der Waals surface area contributed by atoms with Gasteiger partial charge in [0.15, 0.2) is 6.61 Å². The zero-order valence-corrected chi connectivity index (χ0v) is 11.2. The van der Waals surface area contributed by atoms with Crippen LogP contribution in [0.15, 0.2) is 22.6 Å². The number of nitrogens with one attached hydrogen (secondary N) is 1. The fourth-order valence-electron chi connectivity index (χ4n) is 1.20. The highest BCUT2D eigenvalue weighted by molar-refractivity contribution is 5.94. The van der Waals surface area contributed by atoms with Crippen molar-refractivity contribution >= 4 is 24.0 Å². The summed E-state index contributed by atoms with van der Waals surface area (Å²) in [5.41, 5.74) is 0. The highest BCUT2D eigenvalue weighted by Gasteiger charge is 2.09. The molecule has 0 bridgehead atoms. The molecule has 7 heteroatoms. The number of hydrogen-bond donors (Lipinski definition) is 1. The first kappa shape index (κ1) is 15.5. The smallest absolute Gasteiger partial charge is 0.413 e. The molecule has 0 aliphatic heterocycles. The standard InChI is InChI=1S/C13H15NO6/c1-3-18-13(17)14-11(15)8-19-12(16)7-6-10-5-4-9(2)20-10/h4-7H,3,8H2,1-2H3,(H,14,15,17). The molecule has 1 rings (SSSR count). The van der Waals surface area contributed by atoms with Crippen LogP contribution in [0.3, 0.4) is 0 Å². The van der Waals surface area contributed by atoms with Crippen LogP contribution in [0.1, 0.15) is 18.4 Å². The largest absolute Gasteiger partial charge is 0.462 e. The van der Waals surface area contributed by atoms with Gasteiger partial charge in [-0.2, -0.15) is 0 Å². The Hall–Kier alpha value is -2.57. The Morgan fingerprint density at radius 2 is 2.05 bits per heavy atom. The number of rotatable bonds is 5. The monoisotopic (exact) mass is 281 g/mol. The van der Waals surface area contributed by atoms with Crippen molar-refractivity contribution in [1.82, 2.24) is 5.32 Å². The van der Waals surface area contributed by atoms with Crippen LogP contribution >= 0.6 is 0 Å². The van der Waals surface area contributed by atoms with Gasteiger partial charge in [-0.15, -0.1) is 0 Å². The van der Waals surface area contributed by atoms with E-state index in [9.17, 15) is 14.4 Å². The molecular formula is C13H15NO6. The average Bonchev–Trinajstić information content (AvgIpc) is 2.80. The molecule has 108 valence electrons. The number of furan rings is 1. The van der Waals surface area contributed by atoms with Crippen molar-refractivity contribution in [3.8, 4) is 0 Å². The number of aryl methyl sites for hydroxylation is 1. The van der Waals surface area contributed by atoms with Gasteiger partial charge in [0.2, 0.25) is 0 Å². The molecule has 0 spiro atoms. The molecule has 7 nitrogen and oxygen atoms in total. The molecule has 0 fully saturated rings. The number of hydrogen-bond acceptors (Lipinski definition) is 6. The lowest BCUT2D eigenvalue weighted by atomic mass is 10.4.